The molecule has 0 spiro atoms. The predicted molar refractivity (Wildman–Crippen MR) is 132 cm³/mol. The lowest BCUT2D eigenvalue weighted by molar-refractivity contribution is -0.0220. The second-order valence-electron chi connectivity index (χ2n) is 7.98. The number of aromatic amines is 1. The van der Waals surface area contributed by atoms with Gasteiger partial charge in [-0.1, -0.05) is 42.3 Å². The molecule has 1 saturated heterocycles. The van der Waals surface area contributed by atoms with Crippen LogP contribution < -0.4 is 4.90 Å². The van der Waals surface area contributed by atoms with E-state index in [1.807, 2.05) is 0 Å². The highest BCUT2D eigenvalue weighted by molar-refractivity contribution is 7.91. The second kappa shape index (κ2) is 10.8. The first-order valence-electron chi connectivity index (χ1n) is 10.9. The van der Waals surface area contributed by atoms with Gasteiger partial charge < -0.3 is 15.0 Å². The van der Waals surface area contributed by atoms with Crippen LogP contribution in [0.3, 0.4) is 0 Å². The molecule has 3 aromatic rings. The highest BCUT2D eigenvalue weighted by Crippen LogP contribution is 2.41. The van der Waals surface area contributed by atoms with E-state index in [-0.39, 0.29) is 43.2 Å². The van der Waals surface area contributed by atoms with Crippen LogP contribution in [0.15, 0.2) is 35.2 Å². The molecule has 1 aliphatic rings. The molecule has 0 saturated carbocycles. The number of aromatic nitrogens is 2. The van der Waals surface area contributed by atoms with Gasteiger partial charge in [0.1, 0.15) is 11.3 Å². The number of piperidine rings is 1. The lowest BCUT2D eigenvalue weighted by atomic mass is 10.1. The fourth-order valence-electron chi connectivity index (χ4n) is 3.73. The Morgan fingerprint density at radius 2 is 1.74 bits per heavy atom. The third-order valence-corrected chi connectivity index (χ3v) is 7.94. The minimum absolute atomic E-state index is 0.0478. The van der Waals surface area contributed by atoms with Crippen molar-refractivity contribution in [2.45, 2.75) is 43.9 Å². The summed E-state index contributed by atoms with van der Waals surface area (Å²) in [5, 5.41) is 8.28. The van der Waals surface area contributed by atoms with Crippen LogP contribution in [0.4, 0.5) is 14.5 Å². The summed E-state index contributed by atoms with van der Waals surface area (Å²) < 4.78 is 51.0. The number of aliphatic hydroxyl groups is 1. The number of nitrogens with one attached hydrogen (secondary N) is 1. The Hall–Kier alpha value is -1.94. The average molecular weight is 534 g/mol. The Kier molecular flexibility index (Phi) is 8.44. The molecule has 0 radical (unpaired) electrons. The van der Waals surface area contributed by atoms with Crippen molar-refractivity contribution in [2.24, 2.45) is 0 Å². The van der Waals surface area contributed by atoms with Crippen LogP contribution in [-0.2, 0) is 16.3 Å². The molecular weight excluding hydrogens is 507 g/mol. The zero-order chi connectivity index (χ0) is 25.1. The van der Waals surface area contributed by atoms with Gasteiger partial charge in [0.15, 0.2) is 9.84 Å². The molecule has 0 unspecified atom stereocenters. The van der Waals surface area contributed by atoms with Crippen LogP contribution in [0, 0.1) is 0 Å². The number of anilines is 1. The maximum Gasteiger partial charge on any atom is 0.251 e. The summed E-state index contributed by atoms with van der Waals surface area (Å²) in [6, 6.07) is 8.39. The number of halogens is 4. The molecular formula is C23H27Cl2F2N3O3S. The molecule has 0 aliphatic carbocycles. The van der Waals surface area contributed by atoms with Crippen molar-refractivity contribution in [3.05, 3.63) is 51.8 Å². The van der Waals surface area contributed by atoms with Crippen molar-refractivity contribution in [3.63, 3.8) is 0 Å². The molecule has 0 atom stereocenters. The third kappa shape index (κ3) is 6.00. The van der Waals surface area contributed by atoms with E-state index in [4.69, 9.17) is 28.3 Å². The Labute approximate surface area is 207 Å². The van der Waals surface area contributed by atoms with Gasteiger partial charge in [0.2, 0.25) is 0 Å². The summed E-state index contributed by atoms with van der Waals surface area (Å²) in [6.07, 6.45) is -0.0408. The van der Waals surface area contributed by atoms with Gasteiger partial charge in [0.05, 0.1) is 31.9 Å². The topological polar surface area (TPSA) is 86.3 Å². The number of hydrogen-bond donors (Lipinski definition) is 2. The molecule has 11 heteroatoms. The summed E-state index contributed by atoms with van der Waals surface area (Å²) in [4.78, 5) is 9.84. The number of H-pyrrole nitrogens is 1. The van der Waals surface area contributed by atoms with Gasteiger partial charge >= 0.3 is 0 Å². The Morgan fingerprint density at radius 1 is 1.15 bits per heavy atom. The number of imidazole rings is 1. The van der Waals surface area contributed by atoms with E-state index in [0.29, 0.717) is 39.0 Å². The van der Waals surface area contributed by atoms with E-state index in [1.165, 1.54) is 0 Å². The minimum atomic E-state index is -3.25. The Balaban J connectivity index is 0.00000103. The molecule has 1 aliphatic heterocycles. The van der Waals surface area contributed by atoms with Gasteiger partial charge in [-0.3, -0.25) is 0 Å². The summed E-state index contributed by atoms with van der Waals surface area (Å²) in [6.45, 7) is 3.88. The number of benzene rings is 2. The van der Waals surface area contributed by atoms with Crippen molar-refractivity contribution >= 4 is 49.8 Å². The summed E-state index contributed by atoms with van der Waals surface area (Å²) in [5.74, 6) is -1.97. The minimum Gasteiger partial charge on any atom is -0.397 e. The molecule has 186 valence electrons. The monoisotopic (exact) mass is 533 g/mol. The normalized spacial score (nSPS) is 15.8. The van der Waals surface area contributed by atoms with Crippen molar-refractivity contribution in [2.75, 3.05) is 30.3 Å². The molecule has 2 N–H and O–H groups in total. The van der Waals surface area contributed by atoms with Crippen molar-refractivity contribution in [1.29, 1.82) is 0 Å². The maximum atomic E-state index is 13.5. The van der Waals surface area contributed by atoms with Crippen LogP contribution in [0.25, 0.3) is 11.0 Å². The fraction of sp³-hybridized carbons (Fsp3) is 0.435. The average Bonchev–Trinajstić information content (AvgIpc) is 3.18. The SMILES string of the molecule is CCO.CCS(=O)(=O)c1ccc(Cc2nc3c(Cl)c(N4CCC(F)(F)CC4)c(Cl)cc3[nH]2)cc1. The molecule has 1 aromatic heterocycles. The number of alkyl halides is 2. The maximum absolute atomic E-state index is 13.5. The predicted octanol–water partition coefficient (Wildman–Crippen LogP) is 5.49. The molecule has 1 fully saturated rings. The fourth-order valence-corrected chi connectivity index (χ4v) is 5.35. The second-order valence-corrected chi connectivity index (χ2v) is 11.0. The van der Waals surface area contributed by atoms with Crippen LogP contribution in [0.1, 0.15) is 38.1 Å². The number of hydrogen-bond acceptors (Lipinski definition) is 5. The molecule has 4 rings (SSSR count). The van der Waals surface area contributed by atoms with E-state index in [9.17, 15) is 17.2 Å². The van der Waals surface area contributed by atoms with Gasteiger partial charge in [0, 0.05) is 39.0 Å². The van der Waals surface area contributed by atoms with E-state index in [0.717, 1.165) is 5.56 Å². The number of fused-ring (bicyclic) bond motifs is 1. The number of rotatable bonds is 5. The highest BCUT2D eigenvalue weighted by atomic mass is 35.5. The smallest absolute Gasteiger partial charge is 0.251 e. The van der Waals surface area contributed by atoms with E-state index in [1.54, 1.807) is 49.1 Å². The van der Waals surface area contributed by atoms with E-state index < -0.39 is 15.8 Å². The van der Waals surface area contributed by atoms with Gasteiger partial charge in [-0.05, 0) is 30.7 Å². The first kappa shape index (κ1) is 26.7. The van der Waals surface area contributed by atoms with Gasteiger partial charge in [-0.25, -0.2) is 22.2 Å². The molecule has 6 nitrogen and oxygen atoms in total. The first-order valence-corrected chi connectivity index (χ1v) is 13.3. The molecule has 0 bridgehead atoms. The standard InChI is InChI=1S/C21H21Cl2F2N3O2S.C2H6O/c1-2-31(29,30)14-5-3-13(4-6-14)11-17-26-16-12-15(22)20(18(23)19(16)27-17)28-9-7-21(24,25)8-10-28;1-2-3/h3-6,12H,2,7-11H2,1H3,(H,26,27);3H,2H2,1H3. The molecule has 2 heterocycles. The number of nitrogens with zero attached hydrogens (tertiary/aromatic N) is 2. The van der Waals surface area contributed by atoms with Crippen molar-refractivity contribution in [3.8, 4) is 0 Å². The molecule has 2 aromatic carbocycles. The summed E-state index contributed by atoms with van der Waals surface area (Å²) in [5.41, 5.74) is 2.59. The highest BCUT2D eigenvalue weighted by Gasteiger charge is 2.35. The quantitative estimate of drug-likeness (QED) is 0.452. The number of aliphatic hydroxyl groups excluding tert-OH is 1. The largest absolute Gasteiger partial charge is 0.397 e. The summed E-state index contributed by atoms with van der Waals surface area (Å²) in [7, 11) is -3.25. The number of sulfone groups is 1. The van der Waals surface area contributed by atoms with Crippen molar-refractivity contribution < 1.29 is 22.3 Å². The summed E-state index contributed by atoms with van der Waals surface area (Å²) >= 11 is 13.0. The van der Waals surface area contributed by atoms with Gasteiger partial charge in [-0.15, -0.1) is 0 Å². The van der Waals surface area contributed by atoms with Crippen LogP contribution in [0.2, 0.25) is 10.0 Å². The third-order valence-electron chi connectivity index (χ3n) is 5.54. The first-order chi connectivity index (χ1) is 16.0. The molecule has 34 heavy (non-hydrogen) atoms. The zero-order valence-electron chi connectivity index (χ0n) is 18.9. The van der Waals surface area contributed by atoms with E-state index in [2.05, 4.69) is 9.97 Å². The molecule has 0 amide bonds. The Bertz CT molecular complexity index is 1240. The van der Waals surface area contributed by atoms with Crippen molar-refractivity contribution in [1.82, 2.24) is 9.97 Å². The lowest BCUT2D eigenvalue weighted by Crippen LogP contribution is -2.39. The zero-order valence-corrected chi connectivity index (χ0v) is 21.2. The van der Waals surface area contributed by atoms with E-state index >= 15 is 0 Å². The van der Waals surface area contributed by atoms with Gasteiger partial charge in [-0.2, -0.15) is 0 Å². The van der Waals surface area contributed by atoms with Crippen LogP contribution in [-0.4, -0.2) is 54.9 Å². The van der Waals surface area contributed by atoms with Crippen LogP contribution >= 0.6 is 23.2 Å². The van der Waals surface area contributed by atoms with Crippen LogP contribution in [0.5, 0.6) is 0 Å². The van der Waals surface area contributed by atoms with Gasteiger partial charge in [0.25, 0.3) is 5.92 Å². The Morgan fingerprint density at radius 3 is 2.29 bits per heavy atom. The lowest BCUT2D eigenvalue weighted by Gasteiger charge is -2.34.